The highest BCUT2D eigenvalue weighted by atomic mass is 16.6. The van der Waals surface area contributed by atoms with Gasteiger partial charge >= 0.3 is 5.97 Å². The summed E-state index contributed by atoms with van der Waals surface area (Å²) in [6.45, 7) is 11.7. The quantitative estimate of drug-likeness (QED) is 0.774. The normalized spacial score (nSPS) is 22.3. The number of Topliss-reactive ketones (excluding diaryl/α,β-unsaturated/α-hetero) is 1. The molecule has 144 valence electrons. The lowest BCUT2D eigenvalue weighted by atomic mass is 9.68. The van der Waals surface area contributed by atoms with Crippen LogP contribution in [0.2, 0.25) is 0 Å². The minimum absolute atomic E-state index is 0.0894. The Balaban J connectivity index is 2.14. The summed E-state index contributed by atoms with van der Waals surface area (Å²) in [6, 6.07) is 9.78. The first-order valence-electron chi connectivity index (χ1n) is 9.51. The van der Waals surface area contributed by atoms with Crippen molar-refractivity contribution in [1.29, 1.82) is 0 Å². The SMILES string of the molecule is CC1=C(C(=O)OC(C)(C)C)[C@@H](c2ccccc2)C2=C(CC(C)(C)CC2=O)N1. The van der Waals surface area contributed by atoms with Gasteiger partial charge in [-0.3, -0.25) is 4.79 Å². The van der Waals surface area contributed by atoms with Crippen molar-refractivity contribution < 1.29 is 14.3 Å². The molecular formula is C23H29NO3. The van der Waals surface area contributed by atoms with Crippen molar-refractivity contribution >= 4 is 11.8 Å². The van der Waals surface area contributed by atoms with Gasteiger partial charge in [-0.25, -0.2) is 4.79 Å². The Hall–Kier alpha value is -2.36. The Labute approximate surface area is 161 Å². The van der Waals surface area contributed by atoms with Crippen LogP contribution in [0.15, 0.2) is 52.9 Å². The largest absolute Gasteiger partial charge is 0.457 e. The van der Waals surface area contributed by atoms with E-state index in [2.05, 4.69) is 19.2 Å². The Morgan fingerprint density at radius 2 is 1.78 bits per heavy atom. The van der Waals surface area contributed by atoms with Crippen LogP contribution in [0.25, 0.3) is 0 Å². The summed E-state index contributed by atoms with van der Waals surface area (Å²) in [4.78, 5) is 26.2. The van der Waals surface area contributed by atoms with Crippen LogP contribution >= 0.6 is 0 Å². The summed E-state index contributed by atoms with van der Waals surface area (Å²) in [5.74, 6) is -0.650. The molecule has 1 aromatic rings. The van der Waals surface area contributed by atoms with Gasteiger partial charge in [-0.1, -0.05) is 44.2 Å². The molecule has 0 aromatic heterocycles. The lowest BCUT2D eigenvalue weighted by Crippen LogP contribution is -2.39. The number of hydrogen-bond acceptors (Lipinski definition) is 4. The molecule has 1 aliphatic heterocycles. The van der Waals surface area contributed by atoms with E-state index in [1.807, 2.05) is 58.0 Å². The molecule has 0 bridgehead atoms. The maximum absolute atomic E-state index is 13.1. The molecule has 0 unspecified atom stereocenters. The van der Waals surface area contributed by atoms with Crippen molar-refractivity contribution in [1.82, 2.24) is 5.32 Å². The summed E-state index contributed by atoms with van der Waals surface area (Å²) >= 11 is 0. The number of esters is 1. The van der Waals surface area contributed by atoms with Crippen molar-refractivity contribution in [3.05, 3.63) is 58.4 Å². The third-order valence-electron chi connectivity index (χ3n) is 4.99. The van der Waals surface area contributed by atoms with Gasteiger partial charge in [0.15, 0.2) is 5.78 Å². The van der Waals surface area contributed by atoms with Gasteiger partial charge < -0.3 is 10.1 Å². The second kappa shape index (κ2) is 6.66. The van der Waals surface area contributed by atoms with Crippen LogP contribution < -0.4 is 5.32 Å². The Kier molecular flexibility index (Phi) is 4.79. The molecule has 0 fully saturated rings. The van der Waals surface area contributed by atoms with Crippen molar-refractivity contribution in [2.24, 2.45) is 5.41 Å². The number of nitrogens with one attached hydrogen (secondary N) is 1. The molecule has 0 spiro atoms. The molecular weight excluding hydrogens is 338 g/mol. The van der Waals surface area contributed by atoms with Crippen LogP contribution in [-0.4, -0.2) is 17.4 Å². The van der Waals surface area contributed by atoms with Crippen molar-refractivity contribution in [2.75, 3.05) is 0 Å². The fourth-order valence-corrected chi connectivity index (χ4v) is 4.02. The van der Waals surface area contributed by atoms with Crippen LogP contribution in [0.3, 0.4) is 0 Å². The average Bonchev–Trinajstić information content (AvgIpc) is 2.51. The van der Waals surface area contributed by atoms with Crippen molar-refractivity contribution in [3.63, 3.8) is 0 Å². The Morgan fingerprint density at radius 1 is 1.15 bits per heavy atom. The first-order chi connectivity index (χ1) is 12.5. The van der Waals surface area contributed by atoms with Crippen LogP contribution in [0, 0.1) is 5.41 Å². The van der Waals surface area contributed by atoms with E-state index >= 15 is 0 Å². The van der Waals surface area contributed by atoms with Gasteiger partial charge in [-0.15, -0.1) is 0 Å². The topological polar surface area (TPSA) is 55.4 Å². The van der Waals surface area contributed by atoms with Gasteiger partial charge in [0.2, 0.25) is 0 Å². The Morgan fingerprint density at radius 3 is 2.37 bits per heavy atom. The second-order valence-corrected chi connectivity index (χ2v) is 9.34. The van der Waals surface area contributed by atoms with E-state index in [9.17, 15) is 9.59 Å². The van der Waals surface area contributed by atoms with Gasteiger partial charge in [0, 0.05) is 29.3 Å². The molecule has 2 aliphatic rings. The van der Waals surface area contributed by atoms with Crippen LogP contribution in [0.1, 0.15) is 65.9 Å². The highest BCUT2D eigenvalue weighted by Gasteiger charge is 2.43. The second-order valence-electron chi connectivity index (χ2n) is 9.34. The van der Waals surface area contributed by atoms with E-state index in [1.54, 1.807) is 0 Å². The first-order valence-corrected chi connectivity index (χ1v) is 9.51. The molecule has 27 heavy (non-hydrogen) atoms. The number of ketones is 1. The molecule has 1 aliphatic carbocycles. The fraction of sp³-hybridized carbons (Fsp3) is 0.478. The zero-order valence-electron chi connectivity index (χ0n) is 17.1. The van der Waals surface area contributed by atoms with Gasteiger partial charge in [0.05, 0.1) is 5.57 Å². The number of ether oxygens (including phenoxy) is 1. The summed E-state index contributed by atoms with van der Waals surface area (Å²) < 4.78 is 5.68. The number of dihydropyridines is 1. The smallest absolute Gasteiger partial charge is 0.337 e. The van der Waals surface area contributed by atoms with Crippen molar-refractivity contribution in [3.8, 4) is 0 Å². The van der Waals surface area contributed by atoms with Crippen LogP contribution in [0.5, 0.6) is 0 Å². The minimum Gasteiger partial charge on any atom is -0.457 e. The monoisotopic (exact) mass is 367 g/mol. The average molecular weight is 367 g/mol. The van der Waals surface area contributed by atoms with Gasteiger partial charge in [0.1, 0.15) is 5.60 Å². The number of allylic oxidation sites excluding steroid dienone is 3. The maximum atomic E-state index is 13.1. The standard InChI is InChI=1S/C23H29NO3/c1-14-18(21(26)27-22(2,3)4)19(15-10-8-7-9-11-15)20-16(24-14)12-23(5,6)13-17(20)25/h7-11,19,24H,12-13H2,1-6H3/t19-/m1/s1. The lowest BCUT2D eigenvalue weighted by Gasteiger charge is -2.39. The lowest BCUT2D eigenvalue weighted by molar-refractivity contribution is -0.150. The predicted octanol–water partition coefficient (Wildman–Crippen LogP) is 4.63. The van der Waals surface area contributed by atoms with Crippen LogP contribution in [0.4, 0.5) is 0 Å². The number of hydrogen-bond donors (Lipinski definition) is 1. The molecule has 1 aromatic carbocycles. The molecule has 0 radical (unpaired) electrons. The zero-order valence-corrected chi connectivity index (χ0v) is 17.1. The third kappa shape index (κ3) is 4.00. The highest BCUT2D eigenvalue weighted by molar-refractivity contribution is 6.04. The van der Waals surface area contributed by atoms with E-state index in [4.69, 9.17) is 4.74 Å². The predicted molar refractivity (Wildman–Crippen MR) is 106 cm³/mol. The van der Waals surface area contributed by atoms with E-state index < -0.39 is 5.60 Å². The maximum Gasteiger partial charge on any atom is 0.337 e. The van der Waals surface area contributed by atoms with Gasteiger partial charge in [-0.05, 0) is 45.1 Å². The van der Waals surface area contributed by atoms with Gasteiger partial charge in [-0.2, -0.15) is 0 Å². The third-order valence-corrected chi connectivity index (χ3v) is 4.99. The Bertz CT molecular complexity index is 838. The summed E-state index contributed by atoms with van der Waals surface area (Å²) in [5, 5.41) is 3.36. The first kappa shape index (κ1) is 19.4. The summed E-state index contributed by atoms with van der Waals surface area (Å²) in [6.07, 6.45) is 1.27. The number of rotatable bonds is 2. The fourth-order valence-electron chi connectivity index (χ4n) is 4.02. The molecule has 0 saturated carbocycles. The molecule has 0 amide bonds. The molecule has 4 nitrogen and oxygen atoms in total. The number of carbonyl (C=O) groups excluding carboxylic acids is 2. The van der Waals surface area contributed by atoms with E-state index in [0.717, 1.165) is 23.4 Å². The number of carbonyl (C=O) groups is 2. The summed E-state index contributed by atoms with van der Waals surface area (Å²) in [5.41, 5.74) is 3.21. The number of benzene rings is 1. The van der Waals surface area contributed by atoms with Crippen molar-refractivity contribution in [2.45, 2.75) is 65.9 Å². The molecule has 1 N–H and O–H groups in total. The van der Waals surface area contributed by atoms with E-state index in [0.29, 0.717) is 17.6 Å². The minimum atomic E-state index is -0.598. The van der Waals surface area contributed by atoms with E-state index in [1.165, 1.54) is 0 Å². The van der Waals surface area contributed by atoms with Crippen LogP contribution in [-0.2, 0) is 14.3 Å². The molecule has 0 saturated heterocycles. The molecule has 1 atom stereocenters. The zero-order chi connectivity index (χ0) is 20.0. The molecule has 4 heteroatoms. The summed E-state index contributed by atoms with van der Waals surface area (Å²) in [7, 11) is 0. The van der Waals surface area contributed by atoms with Gasteiger partial charge in [0.25, 0.3) is 0 Å². The highest BCUT2D eigenvalue weighted by Crippen LogP contribution is 2.46. The van der Waals surface area contributed by atoms with E-state index in [-0.39, 0.29) is 23.1 Å². The molecule has 3 rings (SSSR count). The molecule has 1 heterocycles.